The molecule has 2 fully saturated rings. The number of hydrogen-bond acceptors (Lipinski definition) is 6. The quantitative estimate of drug-likeness (QED) is 0.800. The second kappa shape index (κ2) is 4.85. The number of ether oxygens (including phenoxy) is 3. The van der Waals surface area contributed by atoms with Gasteiger partial charge in [-0.25, -0.2) is 0 Å². The van der Waals surface area contributed by atoms with Gasteiger partial charge in [0.2, 0.25) is 0 Å². The molecule has 7 heteroatoms. The van der Waals surface area contributed by atoms with E-state index in [0.29, 0.717) is 0 Å². The van der Waals surface area contributed by atoms with Crippen LogP contribution in [0.25, 0.3) is 0 Å². The molecule has 2 amide bonds. The van der Waals surface area contributed by atoms with E-state index in [1.807, 2.05) is 0 Å². The Morgan fingerprint density at radius 3 is 2.39 bits per heavy atom. The summed E-state index contributed by atoms with van der Waals surface area (Å²) in [5.74, 6) is -2.02. The third-order valence-electron chi connectivity index (χ3n) is 4.17. The highest BCUT2D eigenvalue weighted by molar-refractivity contribution is 6.21. The highest BCUT2D eigenvalue weighted by Crippen LogP contribution is 2.38. The van der Waals surface area contributed by atoms with Gasteiger partial charge in [-0.2, -0.15) is 0 Å². The molecule has 3 aliphatic rings. The maximum Gasteiger partial charge on any atom is 0.261 e. The monoisotopic (exact) mass is 320 g/mol. The maximum absolute atomic E-state index is 12.4. The predicted molar refractivity (Wildman–Crippen MR) is 76.5 cm³/mol. The Bertz CT molecular complexity index is 687. The largest absolute Gasteiger partial charge is 0.387 e. The van der Waals surface area contributed by atoms with E-state index in [9.17, 15) is 14.7 Å². The molecule has 0 aliphatic carbocycles. The standard InChI is InChI=1S/C16H17NO6/c1-16(2)22-12-11(18)10(21-15(12)23-16)7-17-13(19)8-5-3-4-6-9(8)14(17)20/h3-6,10-12,15,18H,7H2,1-2H3/t10-,11?,12+,15-/m1/s1/i7D/t7-,10+,11?,12-,15+/m0. The Kier molecular flexibility index (Phi) is 2.87. The van der Waals surface area contributed by atoms with Crippen LogP contribution >= 0.6 is 0 Å². The fourth-order valence-corrected chi connectivity index (χ4v) is 3.13. The van der Waals surface area contributed by atoms with Crippen molar-refractivity contribution in [3.05, 3.63) is 35.4 Å². The zero-order valence-corrected chi connectivity index (χ0v) is 12.6. The number of amides is 2. The van der Waals surface area contributed by atoms with E-state index < -0.39 is 48.7 Å². The molecule has 3 heterocycles. The van der Waals surface area contributed by atoms with E-state index in [1.54, 1.807) is 26.0 Å². The minimum Gasteiger partial charge on any atom is -0.387 e. The maximum atomic E-state index is 12.4. The molecule has 0 bridgehead atoms. The second-order valence-electron chi connectivity index (χ2n) is 6.23. The van der Waals surface area contributed by atoms with Gasteiger partial charge in [0.05, 0.1) is 19.0 Å². The lowest BCUT2D eigenvalue weighted by atomic mass is 10.1. The molecule has 1 N–H and O–H groups in total. The van der Waals surface area contributed by atoms with E-state index in [-0.39, 0.29) is 11.1 Å². The van der Waals surface area contributed by atoms with Crippen molar-refractivity contribution in [2.75, 3.05) is 6.52 Å². The van der Waals surface area contributed by atoms with Crippen LogP contribution in [0.15, 0.2) is 24.3 Å². The first-order valence-electron chi connectivity index (χ1n) is 7.96. The smallest absolute Gasteiger partial charge is 0.261 e. The lowest BCUT2D eigenvalue weighted by Crippen LogP contribution is -2.43. The topological polar surface area (TPSA) is 85.3 Å². The molecular weight excluding hydrogens is 302 g/mol. The number of carbonyl (C=O) groups is 2. The van der Waals surface area contributed by atoms with Crippen molar-refractivity contribution in [3.8, 4) is 0 Å². The predicted octanol–water partition coefficient (Wildman–Crippen LogP) is 0.520. The molecule has 23 heavy (non-hydrogen) atoms. The van der Waals surface area contributed by atoms with Gasteiger partial charge in [-0.1, -0.05) is 12.1 Å². The lowest BCUT2D eigenvalue weighted by molar-refractivity contribution is -0.215. The Labute approximate surface area is 134 Å². The molecule has 1 unspecified atom stereocenters. The van der Waals surface area contributed by atoms with Crippen molar-refractivity contribution in [1.82, 2.24) is 4.90 Å². The zero-order valence-electron chi connectivity index (χ0n) is 13.6. The number of nitrogens with zero attached hydrogens (tertiary/aromatic N) is 1. The minimum atomic E-state index is -1.40. The van der Waals surface area contributed by atoms with Gasteiger partial charge in [0.1, 0.15) is 18.3 Å². The van der Waals surface area contributed by atoms with Crippen molar-refractivity contribution >= 4 is 11.8 Å². The summed E-state index contributed by atoms with van der Waals surface area (Å²) in [4.78, 5) is 25.7. The summed E-state index contributed by atoms with van der Waals surface area (Å²) >= 11 is 0. The number of hydrogen-bond donors (Lipinski definition) is 1. The Hall–Kier alpha value is -1.80. The van der Waals surface area contributed by atoms with Crippen molar-refractivity contribution in [2.45, 2.75) is 44.2 Å². The number of aliphatic hydroxyl groups excluding tert-OH is 1. The first-order valence-corrected chi connectivity index (χ1v) is 7.38. The van der Waals surface area contributed by atoms with Crippen LogP contribution in [0, 0.1) is 0 Å². The molecule has 122 valence electrons. The molecule has 0 aromatic heterocycles. The molecule has 7 nitrogen and oxygen atoms in total. The van der Waals surface area contributed by atoms with Gasteiger partial charge in [-0.15, -0.1) is 0 Å². The van der Waals surface area contributed by atoms with Crippen LogP contribution < -0.4 is 0 Å². The summed E-state index contributed by atoms with van der Waals surface area (Å²) < 4.78 is 25.0. The van der Waals surface area contributed by atoms with Crippen molar-refractivity contribution in [1.29, 1.82) is 0 Å². The van der Waals surface area contributed by atoms with Gasteiger partial charge < -0.3 is 19.3 Å². The van der Waals surface area contributed by atoms with Crippen LogP contribution in [0.3, 0.4) is 0 Å². The van der Waals surface area contributed by atoms with Crippen LogP contribution in [-0.2, 0) is 14.2 Å². The zero-order chi connectivity index (χ0) is 17.2. The van der Waals surface area contributed by atoms with Gasteiger partial charge in [0.25, 0.3) is 11.8 Å². The highest BCUT2D eigenvalue weighted by Gasteiger charge is 2.55. The lowest BCUT2D eigenvalue weighted by Gasteiger charge is -2.25. The third kappa shape index (κ3) is 2.20. The molecular formula is C16H17NO6. The summed E-state index contributed by atoms with van der Waals surface area (Å²) in [6, 6.07) is 6.39. The first-order chi connectivity index (χ1) is 11.3. The van der Waals surface area contributed by atoms with E-state index >= 15 is 0 Å². The fraction of sp³-hybridized carbons (Fsp3) is 0.500. The Morgan fingerprint density at radius 2 is 1.83 bits per heavy atom. The van der Waals surface area contributed by atoms with Crippen LogP contribution in [-0.4, -0.2) is 58.7 Å². The van der Waals surface area contributed by atoms with Gasteiger partial charge in [0.15, 0.2) is 12.1 Å². The second-order valence-corrected chi connectivity index (χ2v) is 6.23. The number of aliphatic hydroxyl groups is 1. The summed E-state index contributed by atoms with van der Waals surface area (Å²) in [5, 5.41) is 10.4. The summed E-state index contributed by atoms with van der Waals surface area (Å²) in [5.41, 5.74) is 0.502. The normalized spacial score (nSPS) is 36.8. The molecule has 4 rings (SSSR count). The average molecular weight is 320 g/mol. The molecule has 2 saturated heterocycles. The number of rotatable bonds is 2. The van der Waals surface area contributed by atoms with Gasteiger partial charge >= 0.3 is 0 Å². The number of fused-ring (bicyclic) bond motifs is 2. The summed E-state index contributed by atoms with van der Waals surface area (Å²) in [7, 11) is 0. The van der Waals surface area contributed by atoms with E-state index in [0.717, 1.165) is 4.90 Å². The van der Waals surface area contributed by atoms with Gasteiger partial charge in [0, 0.05) is 0 Å². The average Bonchev–Trinajstić information content (AvgIpc) is 3.09. The molecule has 5 atom stereocenters. The molecule has 1 aromatic rings. The molecule has 0 radical (unpaired) electrons. The minimum absolute atomic E-state index is 0.251. The van der Waals surface area contributed by atoms with Crippen LogP contribution in [0.4, 0.5) is 0 Å². The fourth-order valence-electron chi connectivity index (χ4n) is 3.13. The molecule has 0 spiro atoms. The van der Waals surface area contributed by atoms with Crippen molar-refractivity contribution in [3.63, 3.8) is 0 Å². The van der Waals surface area contributed by atoms with Crippen LogP contribution in [0.5, 0.6) is 0 Å². The van der Waals surface area contributed by atoms with E-state index in [2.05, 4.69) is 0 Å². The Balaban J connectivity index is 1.57. The molecule has 1 aromatic carbocycles. The Morgan fingerprint density at radius 1 is 1.22 bits per heavy atom. The number of benzene rings is 1. The third-order valence-corrected chi connectivity index (χ3v) is 4.17. The van der Waals surface area contributed by atoms with Crippen molar-refractivity contribution in [2.24, 2.45) is 0 Å². The summed E-state index contributed by atoms with van der Waals surface area (Å²) in [6.07, 6.45) is -3.86. The van der Waals surface area contributed by atoms with E-state index in [4.69, 9.17) is 15.6 Å². The van der Waals surface area contributed by atoms with Crippen molar-refractivity contribution < 1.29 is 30.3 Å². The van der Waals surface area contributed by atoms with Gasteiger partial charge in [-0.05, 0) is 26.0 Å². The number of imide groups is 1. The number of carbonyl (C=O) groups excluding carboxylic acids is 2. The SMILES string of the molecule is [2H][C@@H]([C@H]1O[C@@H]2OC(C)(C)O[C@H]2C1O)N1C(=O)c2ccccc2C1=O. The highest BCUT2D eigenvalue weighted by atomic mass is 16.8. The first kappa shape index (κ1) is 13.6. The van der Waals surface area contributed by atoms with Crippen LogP contribution in [0.2, 0.25) is 0 Å². The summed E-state index contributed by atoms with van der Waals surface area (Å²) in [6.45, 7) is 1.99. The molecule has 3 aliphatic heterocycles. The van der Waals surface area contributed by atoms with Crippen LogP contribution in [0.1, 0.15) is 35.9 Å². The van der Waals surface area contributed by atoms with Gasteiger partial charge in [-0.3, -0.25) is 14.5 Å². The van der Waals surface area contributed by atoms with E-state index in [1.165, 1.54) is 12.1 Å². The molecule has 0 saturated carbocycles.